The minimum atomic E-state index is -0.869. The average molecular weight is 854 g/mol. The summed E-state index contributed by atoms with van der Waals surface area (Å²) in [4.78, 5) is 12.4. The second-order valence-corrected chi connectivity index (χ2v) is 16.5. The Morgan fingerprint density at radius 3 is 1.13 bits per heavy atom. The Hall–Kier alpha value is -3.47. The highest BCUT2D eigenvalue weighted by atomic mass is 16.3. The topological polar surface area (TPSA) is 69.6 Å². The van der Waals surface area contributed by atoms with Gasteiger partial charge >= 0.3 is 0 Å². The monoisotopic (exact) mass is 854 g/mol. The molecule has 3 N–H and O–H groups in total. The molecular formula is C58H95NO3. The maximum atomic E-state index is 12.4. The summed E-state index contributed by atoms with van der Waals surface area (Å²) in [5.74, 6) is -0.0851. The summed E-state index contributed by atoms with van der Waals surface area (Å²) in [5.41, 5.74) is 0. The number of rotatable bonds is 44. The third-order valence-electron chi connectivity index (χ3n) is 10.6. The number of allylic oxidation sites excluding steroid dienone is 21. The second-order valence-electron chi connectivity index (χ2n) is 16.5. The molecule has 2 atom stereocenters. The first kappa shape index (κ1) is 58.5. The van der Waals surface area contributed by atoms with Gasteiger partial charge in [-0.15, -0.1) is 0 Å². The Morgan fingerprint density at radius 2 is 0.726 bits per heavy atom. The molecule has 0 fully saturated rings. The number of hydrogen-bond donors (Lipinski definition) is 3. The van der Waals surface area contributed by atoms with Crippen LogP contribution in [0.3, 0.4) is 0 Å². The molecule has 1 amide bonds. The van der Waals surface area contributed by atoms with Gasteiger partial charge in [0.15, 0.2) is 0 Å². The molecule has 0 bridgehead atoms. The molecule has 0 aromatic rings. The smallest absolute Gasteiger partial charge is 0.220 e. The number of unbranched alkanes of at least 4 members (excludes halogenated alkanes) is 17. The largest absolute Gasteiger partial charge is 0.394 e. The number of aliphatic hydroxyl groups excluding tert-OH is 2. The number of amides is 1. The van der Waals surface area contributed by atoms with Crippen molar-refractivity contribution in [3.05, 3.63) is 134 Å². The molecule has 0 spiro atoms. The van der Waals surface area contributed by atoms with Crippen molar-refractivity contribution in [2.75, 3.05) is 6.61 Å². The van der Waals surface area contributed by atoms with Gasteiger partial charge in [0.25, 0.3) is 0 Å². The summed E-state index contributed by atoms with van der Waals surface area (Å²) < 4.78 is 0. The highest BCUT2D eigenvalue weighted by Gasteiger charge is 2.17. The van der Waals surface area contributed by atoms with Crippen LogP contribution in [0.25, 0.3) is 0 Å². The number of aliphatic hydroxyl groups is 2. The van der Waals surface area contributed by atoms with Gasteiger partial charge in [-0.25, -0.2) is 0 Å². The third kappa shape index (κ3) is 47.6. The number of hydrogen-bond acceptors (Lipinski definition) is 3. The first-order valence-corrected chi connectivity index (χ1v) is 25.4. The van der Waals surface area contributed by atoms with Gasteiger partial charge in [-0.3, -0.25) is 4.79 Å². The lowest BCUT2D eigenvalue weighted by Gasteiger charge is -2.19. The molecule has 0 saturated heterocycles. The van der Waals surface area contributed by atoms with Crippen molar-refractivity contribution in [2.24, 2.45) is 0 Å². The van der Waals surface area contributed by atoms with Crippen LogP contribution in [-0.4, -0.2) is 34.9 Å². The summed E-state index contributed by atoms with van der Waals surface area (Å²) in [6, 6.07) is -0.647. The van der Waals surface area contributed by atoms with Crippen molar-refractivity contribution in [1.29, 1.82) is 0 Å². The van der Waals surface area contributed by atoms with Crippen molar-refractivity contribution in [2.45, 2.75) is 219 Å². The van der Waals surface area contributed by atoms with E-state index in [1.165, 1.54) is 96.3 Å². The van der Waals surface area contributed by atoms with Crippen molar-refractivity contribution in [3.8, 4) is 0 Å². The molecule has 0 aromatic heterocycles. The zero-order valence-electron chi connectivity index (χ0n) is 40.1. The van der Waals surface area contributed by atoms with E-state index < -0.39 is 12.1 Å². The Kier molecular flexibility index (Phi) is 49.0. The van der Waals surface area contributed by atoms with Crippen molar-refractivity contribution < 1.29 is 15.0 Å². The Labute approximate surface area is 383 Å². The van der Waals surface area contributed by atoms with Crippen LogP contribution < -0.4 is 5.32 Å². The molecule has 4 heteroatoms. The Bertz CT molecular complexity index is 1290. The normalized spacial score (nSPS) is 14.1. The first-order chi connectivity index (χ1) is 30.7. The fourth-order valence-corrected chi connectivity index (χ4v) is 6.77. The van der Waals surface area contributed by atoms with Crippen LogP contribution in [0.1, 0.15) is 206 Å². The van der Waals surface area contributed by atoms with E-state index >= 15 is 0 Å². The summed E-state index contributed by atoms with van der Waals surface area (Å²) in [6.45, 7) is 4.14. The second kappa shape index (κ2) is 51.9. The number of carbonyl (C=O) groups excluding carboxylic acids is 1. The fraction of sp³-hybridized carbons (Fsp3) is 0.603. The third-order valence-corrected chi connectivity index (χ3v) is 10.6. The van der Waals surface area contributed by atoms with Crippen LogP contribution >= 0.6 is 0 Å². The molecule has 0 rings (SSSR count). The van der Waals surface area contributed by atoms with Gasteiger partial charge in [-0.1, -0.05) is 231 Å². The van der Waals surface area contributed by atoms with Crippen LogP contribution in [0.4, 0.5) is 0 Å². The molecule has 0 aliphatic carbocycles. The number of nitrogens with one attached hydrogen (secondary N) is 1. The molecule has 350 valence electrons. The average Bonchev–Trinajstić information content (AvgIpc) is 3.28. The molecule has 2 unspecified atom stereocenters. The first-order valence-electron chi connectivity index (χ1n) is 25.4. The molecule has 0 saturated carbocycles. The van der Waals surface area contributed by atoms with E-state index in [1.54, 1.807) is 6.08 Å². The van der Waals surface area contributed by atoms with Gasteiger partial charge in [0.05, 0.1) is 18.8 Å². The van der Waals surface area contributed by atoms with E-state index in [0.717, 1.165) is 89.9 Å². The lowest BCUT2D eigenvalue weighted by atomic mass is 10.0. The van der Waals surface area contributed by atoms with E-state index in [1.807, 2.05) is 6.08 Å². The lowest BCUT2D eigenvalue weighted by Crippen LogP contribution is -2.45. The Morgan fingerprint density at radius 1 is 0.403 bits per heavy atom. The number of carbonyl (C=O) groups is 1. The van der Waals surface area contributed by atoms with E-state index in [9.17, 15) is 15.0 Å². The highest BCUT2D eigenvalue weighted by molar-refractivity contribution is 5.76. The van der Waals surface area contributed by atoms with Gasteiger partial charge < -0.3 is 15.5 Å². The molecule has 0 radical (unpaired) electrons. The van der Waals surface area contributed by atoms with E-state index in [4.69, 9.17) is 0 Å². The van der Waals surface area contributed by atoms with Gasteiger partial charge in [0.2, 0.25) is 5.91 Å². The summed E-state index contributed by atoms with van der Waals surface area (Å²) in [5, 5.41) is 22.9. The summed E-state index contributed by atoms with van der Waals surface area (Å²) in [7, 11) is 0. The SMILES string of the molecule is CC/C=C\C/C=C\C/C=C\C/C=C\C/C=C\C/C=C\C/C=C\C/C=C\C/C=C\CCCCCCCCCCCCCC(=O)NC(CO)C(O)/C=C/CC/C=C/CCCCCCC. The predicted octanol–water partition coefficient (Wildman–Crippen LogP) is 16.7. The molecule has 62 heavy (non-hydrogen) atoms. The van der Waals surface area contributed by atoms with Crippen LogP contribution in [-0.2, 0) is 4.79 Å². The quantitative estimate of drug-likeness (QED) is 0.0422. The summed E-state index contributed by atoms with van der Waals surface area (Å²) in [6.07, 6.45) is 81.6. The predicted molar refractivity (Wildman–Crippen MR) is 275 cm³/mol. The van der Waals surface area contributed by atoms with E-state index in [2.05, 4.69) is 141 Å². The van der Waals surface area contributed by atoms with Gasteiger partial charge in [-0.05, 0) is 103 Å². The van der Waals surface area contributed by atoms with Crippen LogP contribution in [0.15, 0.2) is 134 Å². The molecule has 4 nitrogen and oxygen atoms in total. The van der Waals surface area contributed by atoms with Gasteiger partial charge in [0, 0.05) is 6.42 Å². The van der Waals surface area contributed by atoms with Crippen molar-refractivity contribution >= 4 is 5.91 Å². The van der Waals surface area contributed by atoms with Gasteiger partial charge in [0.1, 0.15) is 0 Å². The molecule has 0 aliphatic rings. The highest BCUT2D eigenvalue weighted by Crippen LogP contribution is 2.13. The fourth-order valence-electron chi connectivity index (χ4n) is 6.77. The van der Waals surface area contributed by atoms with E-state index in [0.29, 0.717) is 6.42 Å². The standard InChI is InChI=1S/C58H95NO3/c1-3-5-7-9-11-13-15-16-17-18-19-20-21-22-23-24-25-26-27-28-29-30-31-32-33-34-35-36-37-38-39-40-41-42-44-46-48-50-52-54-58(62)59-56(55-60)57(61)53-51-49-47-45-43-14-12-10-8-6-4-2/h5,7,11,13,16-17,19-20,22-23,25-26,28-29,31-32,34-35,43,45,51,53,56-57,60-61H,3-4,6,8-10,12,14-15,18,21,24,27,30,33,36-42,44,46-50,52,54-55H2,1-2H3,(H,59,62)/b7-5-,13-11-,17-16-,20-19-,23-22-,26-25-,29-28-,32-31-,35-34-,45-43+,53-51+. The van der Waals surface area contributed by atoms with Crippen molar-refractivity contribution in [3.63, 3.8) is 0 Å². The lowest BCUT2D eigenvalue weighted by molar-refractivity contribution is -0.123. The molecule has 0 aromatic carbocycles. The van der Waals surface area contributed by atoms with Crippen molar-refractivity contribution in [1.82, 2.24) is 5.32 Å². The minimum absolute atomic E-state index is 0.0851. The minimum Gasteiger partial charge on any atom is -0.394 e. The Balaban J connectivity index is 3.61. The maximum Gasteiger partial charge on any atom is 0.220 e. The maximum absolute atomic E-state index is 12.4. The van der Waals surface area contributed by atoms with Gasteiger partial charge in [-0.2, -0.15) is 0 Å². The van der Waals surface area contributed by atoms with Crippen LogP contribution in [0.2, 0.25) is 0 Å². The van der Waals surface area contributed by atoms with Crippen LogP contribution in [0.5, 0.6) is 0 Å². The molecule has 0 heterocycles. The zero-order chi connectivity index (χ0) is 44.9. The molecule has 0 aliphatic heterocycles. The summed E-state index contributed by atoms with van der Waals surface area (Å²) >= 11 is 0. The van der Waals surface area contributed by atoms with E-state index in [-0.39, 0.29) is 12.5 Å². The molecular weight excluding hydrogens is 759 g/mol. The zero-order valence-corrected chi connectivity index (χ0v) is 40.1. The van der Waals surface area contributed by atoms with Crippen LogP contribution in [0, 0.1) is 0 Å².